The lowest BCUT2D eigenvalue weighted by Gasteiger charge is -2.38. The van der Waals surface area contributed by atoms with Crippen LogP contribution < -0.4 is 5.32 Å². The fourth-order valence-corrected chi connectivity index (χ4v) is 4.08. The van der Waals surface area contributed by atoms with Crippen LogP contribution in [-0.2, 0) is 24.2 Å². The van der Waals surface area contributed by atoms with Gasteiger partial charge >= 0.3 is 0 Å². The highest BCUT2D eigenvalue weighted by Crippen LogP contribution is 2.25. The van der Waals surface area contributed by atoms with Crippen molar-refractivity contribution in [2.75, 3.05) is 31.5 Å². The van der Waals surface area contributed by atoms with Crippen molar-refractivity contribution in [1.29, 1.82) is 0 Å². The van der Waals surface area contributed by atoms with E-state index in [1.807, 2.05) is 0 Å². The van der Waals surface area contributed by atoms with Gasteiger partial charge < -0.3 is 5.32 Å². The Bertz CT molecular complexity index is 766. The van der Waals surface area contributed by atoms with Crippen molar-refractivity contribution in [2.45, 2.75) is 32.4 Å². The Labute approximate surface area is 155 Å². The smallest absolute Gasteiger partial charge is 0.228 e. The molecule has 4 heteroatoms. The van der Waals surface area contributed by atoms with Crippen LogP contribution in [0.15, 0.2) is 48.5 Å². The summed E-state index contributed by atoms with van der Waals surface area (Å²) in [4.78, 5) is 16.7. The van der Waals surface area contributed by atoms with Gasteiger partial charge in [0.05, 0.1) is 6.42 Å². The van der Waals surface area contributed by atoms with E-state index in [0.717, 1.165) is 50.4 Å². The zero-order valence-corrected chi connectivity index (χ0v) is 15.4. The minimum atomic E-state index is 0.111. The second kappa shape index (κ2) is 7.60. The second-order valence-electron chi connectivity index (χ2n) is 7.57. The first-order valence-electron chi connectivity index (χ1n) is 9.59. The number of carbonyl (C=O) groups excluding carboxylic acids is 1. The number of piperazine rings is 1. The van der Waals surface area contributed by atoms with Gasteiger partial charge in [-0.1, -0.05) is 42.5 Å². The molecule has 2 aliphatic heterocycles. The normalized spacial score (nSPS) is 19.2. The molecule has 1 unspecified atom stereocenters. The summed E-state index contributed by atoms with van der Waals surface area (Å²) in [6.45, 7) is 7.88. The van der Waals surface area contributed by atoms with E-state index in [4.69, 9.17) is 0 Å². The lowest BCUT2D eigenvalue weighted by atomic mass is 10.0. The summed E-state index contributed by atoms with van der Waals surface area (Å²) in [5, 5.41) is 2.91. The van der Waals surface area contributed by atoms with Crippen molar-refractivity contribution in [3.05, 3.63) is 65.2 Å². The number of hydrogen-bond donors (Lipinski definition) is 1. The maximum absolute atomic E-state index is 11.5. The van der Waals surface area contributed by atoms with Crippen LogP contribution in [0, 0.1) is 0 Å². The second-order valence-corrected chi connectivity index (χ2v) is 7.57. The van der Waals surface area contributed by atoms with Crippen molar-refractivity contribution in [1.82, 2.24) is 9.80 Å². The van der Waals surface area contributed by atoms with E-state index in [2.05, 4.69) is 70.6 Å². The molecule has 0 aliphatic carbocycles. The molecule has 0 radical (unpaired) electrons. The Balaban J connectivity index is 1.29. The number of rotatable bonds is 5. The SMILES string of the molecule is CC(Cc1ccc2c(c1)CC(=O)N2)N1CCN(Cc2ccccc2)CC1. The molecule has 1 atom stereocenters. The van der Waals surface area contributed by atoms with Crippen LogP contribution in [0.1, 0.15) is 23.6 Å². The fraction of sp³-hybridized carbons (Fsp3) is 0.409. The molecule has 1 saturated heterocycles. The van der Waals surface area contributed by atoms with Crippen LogP contribution in [0.3, 0.4) is 0 Å². The number of anilines is 1. The van der Waals surface area contributed by atoms with Crippen LogP contribution in [0.5, 0.6) is 0 Å². The predicted molar refractivity (Wildman–Crippen MR) is 105 cm³/mol. The van der Waals surface area contributed by atoms with Crippen LogP contribution in [0.4, 0.5) is 5.69 Å². The molecule has 0 spiro atoms. The van der Waals surface area contributed by atoms with E-state index < -0.39 is 0 Å². The van der Waals surface area contributed by atoms with Crippen LogP contribution >= 0.6 is 0 Å². The highest BCUT2D eigenvalue weighted by Gasteiger charge is 2.22. The number of fused-ring (bicyclic) bond motifs is 1. The molecule has 4 rings (SSSR count). The monoisotopic (exact) mass is 349 g/mol. The molecule has 0 aromatic heterocycles. The molecule has 1 amide bonds. The number of hydrogen-bond acceptors (Lipinski definition) is 3. The maximum Gasteiger partial charge on any atom is 0.228 e. The molecule has 2 heterocycles. The molecule has 1 N–H and O–H groups in total. The molecular weight excluding hydrogens is 322 g/mol. The number of amides is 1. The first-order chi connectivity index (χ1) is 12.7. The third kappa shape index (κ3) is 3.97. The standard InChI is InChI=1S/C22H27N3O/c1-17(13-19-7-8-21-20(14-19)15-22(26)23-21)25-11-9-24(10-12-25)16-18-5-3-2-4-6-18/h2-8,14,17H,9-13,15-16H2,1H3,(H,23,26). The van der Waals surface area contributed by atoms with Crippen molar-refractivity contribution < 1.29 is 4.79 Å². The number of nitrogens with zero attached hydrogens (tertiary/aromatic N) is 2. The van der Waals surface area contributed by atoms with E-state index in [1.165, 1.54) is 11.1 Å². The van der Waals surface area contributed by atoms with Gasteiger partial charge in [0.2, 0.25) is 5.91 Å². The Morgan fingerprint density at radius 3 is 2.54 bits per heavy atom. The van der Waals surface area contributed by atoms with Gasteiger partial charge in [-0.3, -0.25) is 14.6 Å². The quantitative estimate of drug-likeness (QED) is 0.901. The summed E-state index contributed by atoms with van der Waals surface area (Å²) >= 11 is 0. The van der Waals surface area contributed by atoms with Gasteiger partial charge in [-0.15, -0.1) is 0 Å². The molecule has 26 heavy (non-hydrogen) atoms. The predicted octanol–water partition coefficient (Wildman–Crippen LogP) is 2.93. The third-order valence-electron chi connectivity index (χ3n) is 5.61. The van der Waals surface area contributed by atoms with E-state index in [1.54, 1.807) is 0 Å². The average molecular weight is 349 g/mol. The van der Waals surface area contributed by atoms with E-state index in [9.17, 15) is 4.79 Å². The summed E-state index contributed by atoms with van der Waals surface area (Å²) in [5.74, 6) is 0.111. The minimum Gasteiger partial charge on any atom is -0.326 e. The molecule has 0 bridgehead atoms. The molecular formula is C22H27N3O. The average Bonchev–Trinajstić information content (AvgIpc) is 3.02. The van der Waals surface area contributed by atoms with Gasteiger partial charge in [-0.25, -0.2) is 0 Å². The number of carbonyl (C=O) groups is 1. The Morgan fingerprint density at radius 2 is 1.77 bits per heavy atom. The van der Waals surface area contributed by atoms with Crippen LogP contribution in [0.2, 0.25) is 0 Å². The molecule has 1 fully saturated rings. The summed E-state index contributed by atoms with van der Waals surface area (Å²) in [5.41, 5.74) is 4.86. The molecule has 0 saturated carbocycles. The lowest BCUT2D eigenvalue weighted by molar-refractivity contribution is -0.115. The van der Waals surface area contributed by atoms with E-state index in [-0.39, 0.29) is 5.91 Å². The van der Waals surface area contributed by atoms with Crippen LogP contribution in [0.25, 0.3) is 0 Å². The van der Waals surface area contributed by atoms with Crippen LogP contribution in [-0.4, -0.2) is 47.9 Å². The number of nitrogens with one attached hydrogen (secondary N) is 1. The zero-order valence-electron chi connectivity index (χ0n) is 15.4. The molecule has 2 aromatic carbocycles. The highest BCUT2D eigenvalue weighted by molar-refractivity contribution is 5.99. The Morgan fingerprint density at radius 1 is 1.00 bits per heavy atom. The minimum absolute atomic E-state index is 0.111. The van der Waals surface area contributed by atoms with Gasteiger partial charge in [0.25, 0.3) is 0 Å². The van der Waals surface area contributed by atoms with Crippen molar-refractivity contribution in [2.24, 2.45) is 0 Å². The van der Waals surface area contributed by atoms with E-state index >= 15 is 0 Å². The summed E-state index contributed by atoms with van der Waals surface area (Å²) in [7, 11) is 0. The van der Waals surface area contributed by atoms with Gasteiger partial charge in [-0.2, -0.15) is 0 Å². The van der Waals surface area contributed by atoms with Gasteiger partial charge in [0, 0.05) is 44.5 Å². The molecule has 2 aliphatic rings. The summed E-state index contributed by atoms with van der Waals surface area (Å²) < 4.78 is 0. The van der Waals surface area contributed by atoms with Crippen molar-refractivity contribution in [3.63, 3.8) is 0 Å². The fourth-order valence-electron chi connectivity index (χ4n) is 4.08. The third-order valence-corrected chi connectivity index (χ3v) is 5.61. The van der Waals surface area contributed by atoms with Gasteiger partial charge in [-0.05, 0) is 36.1 Å². The molecule has 4 nitrogen and oxygen atoms in total. The van der Waals surface area contributed by atoms with Gasteiger partial charge in [0.15, 0.2) is 0 Å². The Hall–Kier alpha value is -2.17. The Kier molecular flexibility index (Phi) is 5.05. The van der Waals surface area contributed by atoms with Gasteiger partial charge in [0.1, 0.15) is 0 Å². The van der Waals surface area contributed by atoms with Crippen molar-refractivity contribution >= 4 is 11.6 Å². The first kappa shape index (κ1) is 17.3. The zero-order chi connectivity index (χ0) is 17.9. The largest absolute Gasteiger partial charge is 0.326 e. The summed E-state index contributed by atoms with van der Waals surface area (Å²) in [6, 6.07) is 17.7. The lowest BCUT2D eigenvalue weighted by Crippen LogP contribution is -2.49. The summed E-state index contributed by atoms with van der Waals surface area (Å²) in [6.07, 6.45) is 1.57. The molecule has 2 aromatic rings. The molecule has 136 valence electrons. The van der Waals surface area contributed by atoms with Crippen molar-refractivity contribution in [3.8, 4) is 0 Å². The first-order valence-corrected chi connectivity index (χ1v) is 9.59. The topological polar surface area (TPSA) is 35.6 Å². The van der Waals surface area contributed by atoms with E-state index in [0.29, 0.717) is 12.5 Å². The maximum atomic E-state index is 11.5. The number of benzene rings is 2. The highest BCUT2D eigenvalue weighted by atomic mass is 16.1.